The fourth-order valence-electron chi connectivity index (χ4n) is 2.48. The van der Waals surface area contributed by atoms with Crippen LogP contribution in [0.25, 0.3) is 5.69 Å². The number of benzene rings is 1. The van der Waals surface area contributed by atoms with Crippen LogP contribution < -0.4 is 5.56 Å². The average Bonchev–Trinajstić information content (AvgIpc) is 2.96. The van der Waals surface area contributed by atoms with Gasteiger partial charge in [0.15, 0.2) is 6.10 Å². The lowest BCUT2D eigenvalue weighted by Crippen LogP contribution is -2.51. The van der Waals surface area contributed by atoms with Gasteiger partial charge in [0.05, 0.1) is 18.8 Å². The predicted octanol–water partition coefficient (Wildman–Crippen LogP) is 1.57. The maximum absolute atomic E-state index is 12.7. The summed E-state index contributed by atoms with van der Waals surface area (Å²) in [4.78, 5) is 25.4. The molecule has 1 fully saturated rings. The standard InChI is InChI=1S/C15H14F3N3O3/c16-15(17,18)12-9-20(6-7-24-12)14(23)11-8-13(22)21(19-11)10-4-2-1-3-5-10/h1-5,8,12,19H,6-7,9H2/t12-/m0/s1. The second-order valence-corrected chi connectivity index (χ2v) is 5.33. The van der Waals surface area contributed by atoms with Crippen molar-refractivity contribution in [2.45, 2.75) is 12.3 Å². The Kier molecular flexibility index (Phi) is 4.18. The number of nitrogens with zero attached hydrogens (tertiary/aromatic N) is 2. The van der Waals surface area contributed by atoms with Gasteiger partial charge in [-0.3, -0.25) is 14.7 Å². The largest absolute Gasteiger partial charge is 0.416 e. The molecule has 2 heterocycles. The fraction of sp³-hybridized carbons (Fsp3) is 0.333. The lowest BCUT2D eigenvalue weighted by atomic mass is 10.2. The SMILES string of the molecule is O=C(c1cc(=O)n(-c2ccccc2)[nH]1)N1CCO[C@H](C(F)(F)F)C1. The summed E-state index contributed by atoms with van der Waals surface area (Å²) < 4.78 is 44.1. The molecule has 24 heavy (non-hydrogen) atoms. The number of hydrogen-bond acceptors (Lipinski definition) is 3. The van der Waals surface area contributed by atoms with Gasteiger partial charge in [-0.2, -0.15) is 13.2 Å². The van der Waals surface area contributed by atoms with E-state index in [1.54, 1.807) is 30.3 Å². The molecule has 1 aliphatic heterocycles. The first kappa shape index (κ1) is 16.3. The molecule has 1 aromatic carbocycles. The van der Waals surface area contributed by atoms with E-state index < -0.39 is 30.3 Å². The van der Waals surface area contributed by atoms with Crippen LogP contribution in [0.15, 0.2) is 41.2 Å². The van der Waals surface area contributed by atoms with E-state index in [0.717, 1.165) is 15.6 Å². The zero-order valence-electron chi connectivity index (χ0n) is 12.4. The van der Waals surface area contributed by atoms with Crippen molar-refractivity contribution in [3.8, 4) is 5.69 Å². The monoisotopic (exact) mass is 341 g/mol. The van der Waals surface area contributed by atoms with Crippen LogP contribution in [0.4, 0.5) is 13.2 Å². The minimum atomic E-state index is -4.54. The van der Waals surface area contributed by atoms with Gasteiger partial charge in [-0.15, -0.1) is 0 Å². The molecule has 3 rings (SSSR count). The van der Waals surface area contributed by atoms with Crippen LogP contribution >= 0.6 is 0 Å². The number of morpholine rings is 1. The first-order valence-corrected chi connectivity index (χ1v) is 7.21. The van der Waals surface area contributed by atoms with Crippen molar-refractivity contribution in [2.75, 3.05) is 19.7 Å². The van der Waals surface area contributed by atoms with Crippen LogP contribution in [0.1, 0.15) is 10.5 Å². The number of hydrogen-bond donors (Lipinski definition) is 1. The van der Waals surface area contributed by atoms with Crippen LogP contribution in [-0.4, -0.2) is 52.6 Å². The summed E-state index contributed by atoms with van der Waals surface area (Å²) in [7, 11) is 0. The molecule has 6 nitrogen and oxygen atoms in total. The van der Waals surface area contributed by atoms with Gasteiger partial charge in [0.2, 0.25) is 0 Å². The molecule has 2 aromatic rings. The number of halogens is 3. The molecule has 128 valence electrons. The van der Waals surface area contributed by atoms with E-state index in [1.807, 2.05) is 0 Å². The Bertz CT molecular complexity index is 782. The Hall–Kier alpha value is -2.55. The van der Waals surface area contributed by atoms with Gasteiger partial charge >= 0.3 is 6.18 Å². The van der Waals surface area contributed by atoms with Crippen LogP contribution in [0.2, 0.25) is 0 Å². The molecule has 1 N–H and O–H groups in total. The van der Waals surface area contributed by atoms with Crippen molar-refractivity contribution in [3.05, 3.63) is 52.4 Å². The topological polar surface area (TPSA) is 67.3 Å². The van der Waals surface area contributed by atoms with Crippen LogP contribution in [0.5, 0.6) is 0 Å². The van der Waals surface area contributed by atoms with E-state index in [1.165, 1.54) is 0 Å². The zero-order chi connectivity index (χ0) is 17.3. The average molecular weight is 341 g/mol. The Labute approximate surface area is 134 Å². The maximum atomic E-state index is 12.7. The van der Waals surface area contributed by atoms with Crippen molar-refractivity contribution in [3.63, 3.8) is 0 Å². The molecule has 0 bridgehead atoms. The molecule has 1 aromatic heterocycles. The van der Waals surface area contributed by atoms with Crippen LogP contribution in [0, 0.1) is 0 Å². The molecule has 1 amide bonds. The molecular weight excluding hydrogens is 327 g/mol. The van der Waals surface area contributed by atoms with Gasteiger partial charge in [-0.25, -0.2) is 4.68 Å². The van der Waals surface area contributed by atoms with Crippen molar-refractivity contribution < 1.29 is 22.7 Å². The second kappa shape index (κ2) is 6.16. The molecule has 0 spiro atoms. The smallest absolute Gasteiger partial charge is 0.365 e. The Balaban J connectivity index is 1.82. The molecule has 1 atom stereocenters. The highest BCUT2D eigenvalue weighted by molar-refractivity contribution is 5.92. The van der Waals surface area contributed by atoms with Crippen LogP contribution in [-0.2, 0) is 4.74 Å². The number of rotatable bonds is 2. The molecule has 0 aliphatic carbocycles. The first-order valence-electron chi connectivity index (χ1n) is 7.21. The molecular formula is C15H14F3N3O3. The van der Waals surface area contributed by atoms with Crippen molar-refractivity contribution in [1.29, 1.82) is 0 Å². The number of aromatic amines is 1. The van der Waals surface area contributed by atoms with E-state index in [2.05, 4.69) is 9.84 Å². The fourth-order valence-corrected chi connectivity index (χ4v) is 2.48. The zero-order valence-corrected chi connectivity index (χ0v) is 12.4. The van der Waals surface area contributed by atoms with E-state index in [0.29, 0.717) is 5.69 Å². The highest BCUT2D eigenvalue weighted by Crippen LogP contribution is 2.26. The number of ether oxygens (including phenoxy) is 1. The molecule has 9 heteroatoms. The molecule has 0 unspecified atom stereocenters. The number of H-pyrrole nitrogens is 1. The number of nitrogens with one attached hydrogen (secondary N) is 1. The number of alkyl halides is 3. The minimum absolute atomic E-state index is 0.0317. The summed E-state index contributed by atoms with van der Waals surface area (Å²) in [6.07, 6.45) is -6.55. The lowest BCUT2D eigenvalue weighted by molar-refractivity contribution is -0.233. The highest BCUT2D eigenvalue weighted by atomic mass is 19.4. The molecule has 1 aliphatic rings. The Morgan fingerprint density at radius 3 is 2.62 bits per heavy atom. The second-order valence-electron chi connectivity index (χ2n) is 5.33. The third-order valence-corrected chi connectivity index (χ3v) is 3.68. The summed E-state index contributed by atoms with van der Waals surface area (Å²) in [5.74, 6) is -0.667. The summed E-state index contributed by atoms with van der Waals surface area (Å²) >= 11 is 0. The summed E-state index contributed by atoms with van der Waals surface area (Å²) in [5, 5.41) is 2.64. The van der Waals surface area contributed by atoms with E-state index >= 15 is 0 Å². The van der Waals surface area contributed by atoms with Crippen molar-refractivity contribution in [2.24, 2.45) is 0 Å². The highest BCUT2D eigenvalue weighted by Gasteiger charge is 2.44. The Morgan fingerprint density at radius 2 is 1.96 bits per heavy atom. The lowest BCUT2D eigenvalue weighted by Gasteiger charge is -2.33. The minimum Gasteiger partial charge on any atom is -0.365 e. The number of amides is 1. The molecule has 1 saturated heterocycles. The van der Waals surface area contributed by atoms with Gasteiger partial charge in [0.25, 0.3) is 11.5 Å². The summed E-state index contributed by atoms with van der Waals surface area (Å²) in [5.41, 5.74) is -0.00597. The van der Waals surface area contributed by atoms with Gasteiger partial charge in [-0.1, -0.05) is 18.2 Å². The quantitative estimate of drug-likeness (QED) is 0.902. The first-order chi connectivity index (χ1) is 11.4. The third kappa shape index (κ3) is 3.21. The number of carbonyl (C=O) groups excluding carboxylic acids is 1. The third-order valence-electron chi connectivity index (χ3n) is 3.68. The van der Waals surface area contributed by atoms with Gasteiger partial charge < -0.3 is 9.64 Å². The van der Waals surface area contributed by atoms with E-state index in [9.17, 15) is 22.8 Å². The molecule has 0 saturated carbocycles. The van der Waals surface area contributed by atoms with Gasteiger partial charge in [-0.05, 0) is 12.1 Å². The summed E-state index contributed by atoms with van der Waals surface area (Å²) in [6.45, 7) is -0.773. The number of para-hydroxylation sites is 1. The van der Waals surface area contributed by atoms with Crippen LogP contribution in [0.3, 0.4) is 0 Å². The van der Waals surface area contributed by atoms with E-state index in [-0.39, 0.29) is 18.8 Å². The van der Waals surface area contributed by atoms with Gasteiger partial charge in [0, 0.05) is 12.6 Å². The van der Waals surface area contributed by atoms with E-state index in [4.69, 9.17) is 0 Å². The van der Waals surface area contributed by atoms with Crippen molar-refractivity contribution in [1.82, 2.24) is 14.7 Å². The maximum Gasteiger partial charge on any atom is 0.416 e. The number of aromatic nitrogens is 2. The van der Waals surface area contributed by atoms with Gasteiger partial charge in [0.1, 0.15) is 5.69 Å². The van der Waals surface area contributed by atoms with Crippen molar-refractivity contribution >= 4 is 5.91 Å². The predicted molar refractivity (Wildman–Crippen MR) is 78.1 cm³/mol. The normalized spacial score (nSPS) is 18.6. The molecule has 0 radical (unpaired) electrons. The summed E-state index contributed by atoms with van der Waals surface area (Å²) in [6, 6.07) is 9.63. The number of carbonyl (C=O) groups is 1. The Morgan fingerprint density at radius 1 is 1.25 bits per heavy atom.